The highest BCUT2D eigenvalue weighted by atomic mass is 19.3. The normalized spacial score (nSPS) is 10.5. The number of ether oxygens (including phenoxy) is 1. The molecule has 0 fully saturated rings. The molecule has 0 saturated carbocycles. The lowest BCUT2D eigenvalue weighted by Crippen LogP contribution is -2.13. The van der Waals surface area contributed by atoms with Crippen LogP contribution in [0.2, 0.25) is 0 Å². The van der Waals surface area contributed by atoms with Gasteiger partial charge in [0.05, 0.1) is 12.7 Å². The maximum Gasteiger partial charge on any atom is 0.267 e. The van der Waals surface area contributed by atoms with Gasteiger partial charge in [-0.05, 0) is 6.92 Å². The first-order chi connectivity index (χ1) is 6.07. The molecule has 1 rings (SSSR count). The van der Waals surface area contributed by atoms with E-state index in [4.69, 9.17) is 4.74 Å². The minimum absolute atomic E-state index is 0.00523. The molecular weight excluding hydrogens is 180 g/mol. The molecule has 0 aromatic carbocycles. The smallest absolute Gasteiger partial charge is 0.267 e. The number of pyridine rings is 1. The minimum atomic E-state index is -2.70. The second kappa shape index (κ2) is 3.55. The molecule has 0 aliphatic rings. The van der Waals surface area contributed by atoms with Crippen LogP contribution in [0.4, 0.5) is 8.78 Å². The maximum atomic E-state index is 12.4. The van der Waals surface area contributed by atoms with Gasteiger partial charge in [-0.15, -0.1) is 0 Å². The number of alkyl halides is 2. The fourth-order valence-electron chi connectivity index (χ4n) is 1.06. The Labute approximate surface area is 73.4 Å². The lowest BCUT2D eigenvalue weighted by atomic mass is 10.1. The van der Waals surface area contributed by atoms with Gasteiger partial charge in [0.2, 0.25) is 0 Å². The molecule has 0 radical (unpaired) electrons. The first-order valence-electron chi connectivity index (χ1n) is 3.62. The SMILES string of the molecule is COc1c[nH]c(=O)c(C)c1C(F)F. The Morgan fingerprint density at radius 3 is 2.62 bits per heavy atom. The van der Waals surface area contributed by atoms with Crippen molar-refractivity contribution >= 4 is 0 Å². The fraction of sp³-hybridized carbons (Fsp3) is 0.375. The number of methoxy groups -OCH3 is 1. The van der Waals surface area contributed by atoms with Gasteiger partial charge >= 0.3 is 0 Å². The van der Waals surface area contributed by atoms with Crippen LogP contribution in [0.25, 0.3) is 0 Å². The van der Waals surface area contributed by atoms with Gasteiger partial charge in [0.15, 0.2) is 0 Å². The number of hydrogen-bond donors (Lipinski definition) is 1. The second-order valence-corrected chi connectivity index (χ2v) is 2.53. The monoisotopic (exact) mass is 189 g/mol. The molecule has 1 heterocycles. The summed E-state index contributed by atoms with van der Waals surface area (Å²) in [4.78, 5) is 13.3. The zero-order valence-electron chi connectivity index (χ0n) is 7.23. The summed E-state index contributed by atoms with van der Waals surface area (Å²) >= 11 is 0. The summed E-state index contributed by atoms with van der Waals surface area (Å²) in [7, 11) is 1.28. The highest BCUT2D eigenvalue weighted by molar-refractivity contribution is 5.37. The molecular formula is C8H9F2NO2. The average molecular weight is 189 g/mol. The second-order valence-electron chi connectivity index (χ2n) is 2.53. The number of halogens is 2. The molecule has 1 N–H and O–H groups in total. The van der Waals surface area contributed by atoms with Crippen molar-refractivity contribution in [3.05, 3.63) is 27.7 Å². The molecule has 5 heteroatoms. The van der Waals surface area contributed by atoms with Crippen LogP contribution in [0.5, 0.6) is 5.75 Å². The minimum Gasteiger partial charge on any atom is -0.495 e. The van der Waals surface area contributed by atoms with Crippen LogP contribution in [0.1, 0.15) is 17.6 Å². The van der Waals surface area contributed by atoms with Gasteiger partial charge in [-0.1, -0.05) is 0 Å². The summed E-state index contributed by atoms with van der Waals surface area (Å²) < 4.78 is 29.5. The number of rotatable bonds is 2. The maximum absolute atomic E-state index is 12.4. The van der Waals surface area contributed by atoms with Crippen molar-refractivity contribution in [3.63, 3.8) is 0 Å². The lowest BCUT2D eigenvalue weighted by molar-refractivity contribution is 0.146. The summed E-state index contributed by atoms with van der Waals surface area (Å²) in [5.74, 6) is 0.00657. The molecule has 0 atom stereocenters. The van der Waals surface area contributed by atoms with Gasteiger partial charge in [-0.3, -0.25) is 4.79 Å². The Morgan fingerprint density at radius 1 is 1.54 bits per heavy atom. The third-order valence-corrected chi connectivity index (χ3v) is 1.78. The Morgan fingerprint density at radius 2 is 2.15 bits per heavy atom. The van der Waals surface area contributed by atoms with Crippen molar-refractivity contribution in [1.82, 2.24) is 4.98 Å². The van der Waals surface area contributed by atoms with Crippen LogP contribution in [-0.4, -0.2) is 12.1 Å². The third-order valence-electron chi connectivity index (χ3n) is 1.78. The largest absolute Gasteiger partial charge is 0.495 e. The van der Waals surface area contributed by atoms with Crippen molar-refractivity contribution in [2.45, 2.75) is 13.3 Å². The van der Waals surface area contributed by atoms with Crippen LogP contribution in [0.15, 0.2) is 11.0 Å². The highest BCUT2D eigenvalue weighted by Gasteiger charge is 2.18. The van der Waals surface area contributed by atoms with Crippen LogP contribution in [0.3, 0.4) is 0 Å². The first kappa shape index (κ1) is 9.70. The molecule has 0 amide bonds. The predicted octanol–water partition coefficient (Wildman–Crippen LogP) is 1.63. The van der Waals surface area contributed by atoms with E-state index in [1.54, 1.807) is 0 Å². The Kier molecular flexibility index (Phi) is 2.65. The molecule has 13 heavy (non-hydrogen) atoms. The molecule has 1 aromatic heterocycles. The fourth-order valence-corrected chi connectivity index (χ4v) is 1.06. The Hall–Kier alpha value is -1.39. The lowest BCUT2D eigenvalue weighted by Gasteiger charge is -2.08. The average Bonchev–Trinajstić information content (AvgIpc) is 2.08. The quantitative estimate of drug-likeness (QED) is 0.768. The van der Waals surface area contributed by atoms with E-state index in [-0.39, 0.29) is 16.9 Å². The number of H-pyrrole nitrogens is 1. The van der Waals surface area contributed by atoms with Crippen molar-refractivity contribution in [1.29, 1.82) is 0 Å². The Balaban J connectivity index is 3.41. The molecule has 0 aliphatic heterocycles. The van der Waals surface area contributed by atoms with E-state index in [1.807, 2.05) is 0 Å². The first-order valence-corrected chi connectivity index (χ1v) is 3.62. The van der Waals surface area contributed by atoms with E-state index < -0.39 is 12.0 Å². The van der Waals surface area contributed by atoms with Gasteiger partial charge < -0.3 is 9.72 Å². The van der Waals surface area contributed by atoms with Crippen molar-refractivity contribution in [2.24, 2.45) is 0 Å². The highest BCUT2D eigenvalue weighted by Crippen LogP contribution is 2.28. The molecule has 0 bridgehead atoms. The molecule has 0 unspecified atom stereocenters. The standard InChI is InChI=1S/C8H9F2NO2/c1-4-6(7(9)10)5(13-2)3-11-8(4)12/h3,7H,1-2H3,(H,11,12). The van der Waals surface area contributed by atoms with E-state index in [0.29, 0.717) is 0 Å². The van der Waals surface area contributed by atoms with Crippen LogP contribution in [-0.2, 0) is 0 Å². The van der Waals surface area contributed by atoms with Gasteiger partial charge in [0, 0.05) is 11.8 Å². The van der Waals surface area contributed by atoms with E-state index in [9.17, 15) is 13.6 Å². The topological polar surface area (TPSA) is 42.1 Å². The summed E-state index contributed by atoms with van der Waals surface area (Å²) in [5, 5.41) is 0. The van der Waals surface area contributed by atoms with Crippen molar-refractivity contribution in [3.8, 4) is 5.75 Å². The predicted molar refractivity (Wildman–Crippen MR) is 43.3 cm³/mol. The van der Waals surface area contributed by atoms with Gasteiger partial charge in [-0.25, -0.2) is 8.78 Å². The van der Waals surface area contributed by atoms with E-state index >= 15 is 0 Å². The summed E-state index contributed by atoms with van der Waals surface area (Å²) in [5.41, 5.74) is -0.864. The van der Waals surface area contributed by atoms with Gasteiger partial charge in [-0.2, -0.15) is 0 Å². The van der Waals surface area contributed by atoms with Gasteiger partial charge in [0.25, 0.3) is 12.0 Å². The summed E-state index contributed by atoms with van der Waals surface area (Å²) in [6.45, 7) is 1.34. The summed E-state index contributed by atoms with van der Waals surface area (Å²) in [6, 6.07) is 0. The molecule has 3 nitrogen and oxygen atoms in total. The third kappa shape index (κ3) is 1.68. The number of aromatic nitrogens is 1. The van der Waals surface area contributed by atoms with E-state index in [2.05, 4.69) is 4.98 Å². The molecule has 72 valence electrons. The molecule has 0 saturated heterocycles. The van der Waals surface area contributed by atoms with E-state index in [0.717, 1.165) is 6.20 Å². The molecule has 1 aromatic rings. The zero-order chi connectivity index (χ0) is 10.0. The summed E-state index contributed by atoms with van der Waals surface area (Å²) in [6.07, 6.45) is -1.56. The van der Waals surface area contributed by atoms with E-state index in [1.165, 1.54) is 14.0 Å². The van der Waals surface area contributed by atoms with Crippen LogP contribution in [0, 0.1) is 6.92 Å². The van der Waals surface area contributed by atoms with Gasteiger partial charge in [0.1, 0.15) is 5.75 Å². The number of nitrogens with one attached hydrogen (secondary N) is 1. The molecule has 0 aliphatic carbocycles. The zero-order valence-corrected chi connectivity index (χ0v) is 7.23. The Bertz CT molecular complexity index is 360. The number of aromatic amines is 1. The van der Waals surface area contributed by atoms with Crippen molar-refractivity contribution in [2.75, 3.05) is 7.11 Å². The number of hydrogen-bond acceptors (Lipinski definition) is 2. The molecule has 0 spiro atoms. The van der Waals surface area contributed by atoms with Crippen molar-refractivity contribution < 1.29 is 13.5 Å². The van der Waals surface area contributed by atoms with Crippen LogP contribution < -0.4 is 10.3 Å². The van der Waals surface area contributed by atoms with Crippen LogP contribution >= 0.6 is 0 Å².